The van der Waals surface area contributed by atoms with Gasteiger partial charge in [0.2, 0.25) is 11.8 Å². The second-order valence-corrected chi connectivity index (χ2v) is 7.53. The van der Waals surface area contributed by atoms with E-state index in [9.17, 15) is 19.7 Å². The number of nitrogens with zero attached hydrogens (tertiary/aromatic N) is 2. The molecule has 2 amide bonds. The zero-order valence-corrected chi connectivity index (χ0v) is 13.3. The highest BCUT2D eigenvalue weighted by Gasteiger charge is 2.73. The number of carbonyl (C=O) groups is 2. The van der Waals surface area contributed by atoms with Crippen molar-refractivity contribution in [3.8, 4) is 0 Å². The van der Waals surface area contributed by atoms with Crippen LogP contribution in [-0.2, 0) is 9.59 Å². The van der Waals surface area contributed by atoms with E-state index in [-0.39, 0.29) is 57.3 Å². The van der Waals surface area contributed by atoms with Crippen LogP contribution in [0.15, 0.2) is 30.4 Å². The molecule has 1 aliphatic heterocycles. The molecule has 5 rings (SSSR count). The molecule has 4 atom stereocenters. The first-order valence-electron chi connectivity index (χ1n) is 7.96. The van der Waals surface area contributed by atoms with Gasteiger partial charge in [-0.25, -0.2) is 4.90 Å². The van der Waals surface area contributed by atoms with Crippen molar-refractivity contribution < 1.29 is 14.5 Å². The Balaban J connectivity index is 1.56. The maximum atomic E-state index is 12.9. The van der Waals surface area contributed by atoms with E-state index < -0.39 is 4.92 Å². The first-order chi connectivity index (χ1) is 11.5. The van der Waals surface area contributed by atoms with Crippen LogP contribution < -0.4 is 4.90 Å². The van der Waals surface area contributed by atoms with Crippen molar-refractivity contribution in [1.29, 1.82) is 0 Å². The van der Waals surface area contributed by atoms with Crippen molar-refractivity contribution in [3.63, 3.8) is 0 Å². The van der Waals surface area contributed by atoms with Crippen LogP contribution in [0.3, 0.4) is 0 Å². The highest BCUT2D eigenvalue weighted by Crippen LogP contribution is 2.73. The van der Waals surface area contributed by atoms with Gasteiger partial charge in [0.1, 0.15) is 5.02 Å². The van der Waals surface area contributed by atoms with Crippen molar-refractivity contribution in [2.45, 2.75) is 12.8 Å². The van der Waals surface area contributed by atoms with E-state index in [0.717, 1.165) is 17.7 Å². The summed E-state index contributed by atoms with van der Waals surface area (Å²) in [6.45, 7) is 0. The van der Waals surface area contributed by atoms with Crippen LogP contribution in [0.25, 0.3) is 0 Å². The molecule has 0 aromatic heterocycles. The van der Waals surface area contributed by atoms with Crippen LogP contribution in [0.2, 0.25) is 5.02 Å². The topological polar surface area (TPSA) is 80.5 Å². The smallest absolute Gasteiger partial charge is 0.274 e. The molecule has 1 aromatic rings. The van der Waals surface area contributed by atoms with Gasteiger partial charge in [0.15, 0.2) is 0 Å². The molecule has 0 radical (unpaired) electrons. The van der Waals surface area contributed by atoms with Crippen molar-refractivity contribution in [2.75, 3.05) is 4.90 Å². The number of benzene rings is 1. The lowest BCUT2D eigenvalue weighted by molar-refractivity contribution is -0.384. The number of carbonyl (C=O) groups excluding carboxylic acids is 2. The molecule has 7 heteroatoms. The quantitative estimate of drug-likeness (QED) is 0.357. The van der Waals surface area contributed by atoms with Gasteiger partial charge in [-0.3, -0.25) is 19.7 Å². The minimum absolute atomic E-state index is 0.0123. The molecule has 1 aromatic carbocycles. The van der Waals surface area contributed by atoms with E-state index in [2.05, 4.69) is 12.2 Å². The van der Waals surface area contributed by atoms with Gasteiger partial charge in [-0.2, -0.15) is 0 Å². The van der Waals surface area contributed by atoms with Gasteiger partial charge in [-0.05, 0) is 42.2 Å². The Labute approximate surface area is 142 Å². The van der Waals surface area contributed by atoms with Crippen LogP contribution in [0.5, 0.6) is 0 Å². The molecule has 2 bridgehead atoms. The molecule has 2 saturated carbocycles. The SMILES string of the molecule is O=C1[C@@H]2[C@@H](C(=O)N1c1ccc(Cl)c([N+](=O)[O-])c1)[C@@H]1C=C[C@H]2C12CC2. The fourth-order valence-corrected chi connectivity index (χ4v) is 5.30. The van der Waals surface area contributed by atoms with E-state index in [1.807, 2.05) is 0 Å². The molecule has 3 fully saturated rings. The third-order valence-corrected chi connectivity index (χ3v) is 6.56. The van der Waals surface area contributed by atoms with Gasteiger partial charge in [0.25, 0.3) is 5.69 Å². The third kappa shape index (κ3) is 1.48. The number of hydrogen-bond acceptors (Lipinski definition) is 4. The van der Waals surface area contributed by atoms with Crippen molar-refractivity contribution >= 4 is 34.8 Å². The Hall–Kier alpha value is -2.21. The van der Waals surface area contributed by atoms with Gasteiger partial charge in [0, 0.05) is 6.07 Å². The van der Waals surface area contributed by atoms with Crippen molar-refractivity contribution in [1.82, 2.24) is 0 Å². The number of hydrogen-bond donors (Lipinski definition) is 0. The van der Waals surface area contributed by atoms with E-state index >= 15 is 0 Å². The molecule has 3 aliphatic carbocycles. The molecule has 4 aliphatic rings. The number of allylic oxidation sites excluding steroid dienone is 2. The first-order valence-corrected chi connectivity index (χ1v) is 8.33. The summed E-state index contributed by atoms with van der Waals surface area (Å²) in [5.41, 5.74) is 0.0741. The van der Waals surface area contributed by atoms with E-state index in [0.29, 0.717) is 0 Å². The van der Waals surface area contributed by atoms with Crippen molar-refractivity contribution in [3.05, 3.63) is 45.5 Å². The summed E-state index contributed by atoms with van der Waals surface area (Å²) in [7, 11) is 0. The van der Waals surface area contributed by atoms with Crippen LogP contribution in [-0.4, -0.2) is 16.7 Å². The summed E-state index contributed by atoms with van der Waals surface area (Å²) in [5, 5.41) is 11.1. The average molecular weight is 345 g/mol. The fourth-order valence-electron chi connectivity index (χ4n) is 5.11. The summed E-state index contributed by atoms with van der Waals surface area (Å²) >= 11 is 5.83. The zero-order valence-electron chi connectivity index (χ0n) is 12.5. The molecule has 122 valence electrons. The van der Waals surface area contributed by atoms with E-state index in [1.54, 1.807) is 0 Å². The normalized spacial score (nSPS) is 34.3. The van der Waals surface area contributed by atoms with Gasteiger partial charge >= 0.3 is 0 Å². The second-order valence-electron chi connectivity index (χ2n) is 7.13. The molecule has 6 nitrogen and oxygen atoms in total. The number of anilines is 1. The van der Waals surface area contributed by atoms with E-state index in [4.69, 9.17) is 11.6 Å². The Morgan fingerprint density at radius 3 is 2.21 bits per heavy atom. The summed E-state index contributed by atoms with van der Waals surface area (Å²) < 4.78 is 0. The summed E-state index contributed by atoms with van der Waals surface area (Å²) in [4.78, 5) is 37.5. The lowest BCUT2D eigenvalue weighted by atomic mass is 9.85. The summed E-state index contributed by atoms with van der Waals surface area (Å²) in [5.74, 6) is -0.823. The Bertz CT molecular complexity index is 826. The van der Waals surface area contributed by atoms with Gasteiger partial charge in [-0.15, -0.1) is 0 Å². The molecular formula is C17H13ClN2O4. The monoisotopic (exact) mass is 344 g/mol. The predicted molar refractivity (Wildman–Crippen MR) is 85.4 cm³/mol. The van der Waals surface area contributed by atoms with Crippen molar-refractivity contribution in [2.24, 2.45) is 29.1 Å². The lowest BCUT2D eigenvalue weighted by Crippen LogP contribution is -2.34. The molecule has 24 heavy (non-hydrogen) atoms. The van der Waals surface area contributed by atoms with Gasteiger partial charge < -0.3 is 0 Å². The largest absolute Gasteiger partial charge is 0.289 e. The number of imide groups is 1. The number of rotatable bonds is 2. The number of nitro benzene ring substituents is 1. The molecular weight excluding hydrogens is 332 g/mol. The van der Waals surface area contributed by atoms with Crippen LogP contribution in [0.1, 0.15) is 12.8 Å². The maximum Gasteiger partial charge on any atom is 0.289 e. The molecule has 1 saturated heterocycles. The Morgan fingerprint density at radius 1 is 1.12 bits per heavy atom. The number of nitro groups is 1. The standard InChI is InChI=1S/C17H13ClN2O4/c18-11-4-1-8(7-12(11)20(23)24)19-15(21)13-9-2-3-10(14(13)16(19)22)17(9)5-6-17/h1-4,7,9-10,13-14H,5-6H2/t9-,10+,13-,14-/m0/s1. The third-order valence-electron chi connectivity index (χ3n) is 6.24. The fraction of sp³-hybridized carbons (Fsp3) is 0.412. The van der Waals surface area contributed by atoms with Crippen LogP contribution in [0.4, 0.5) is 11.4 Å². The molecule has 0 N–H and O–H groups in total. The van der Waals surface area contributed by atoms with Crippen LogP contribution in [0, 0.1) is 39.2 Å². The highest BCUT2D eigenvalue weighted by atomic mass is 35.5. The number of amides is 2. The number of halogens is 1. The van der Waals surface area contributed by atoms with Crippen LogP contribution >= 0.6 is 11.6 Å². The molecule has 0 unspecified atom stereocenters. The Kier molecular flexibility index (Phi) is 2.51. The number of fused-ring (bicyclic) bond motifs is 3. The van der Waals surface area contributed by atoms with E-state index in [1.165, 1.54) is 18.2 Å². The minimum Gasteiger partial charge on any atom is -0.274 e. The first kappa shape index (κ1) is 14.2. The summed E-state index contributed by atoms with van der Waals surface area (Å²) in [6.07, 6.45) is 6.35. The minimum atomic E-state index is -0.609. The zero-order chi connectivity index (χ0) is 16.8. The van der Waals surface area contributed by atoms with Gasteiger partial charge in [-0.1, -0.05) is 23.8 Å². The maximum absolute atomic E-state index is 12.9. The Morgan fingerprint density at radius 2 is 1.71 bits per heavy atom. The summed E-state index contributed by atoms with van der Waals surface area (Å²) in [6, 6.07) is 4.06. The second kappa shape index (κ2) is 4.25. The average Bonchev–Trinajstić information content (AvgIpc) is 3.14. The molecule has 1 heterocycles. The highest BCUT2D eigenvalue weighted by molar-refractivity contribution is 6.33. The predicted octanol–water partition coefficient (Wildman–Crippen LogP) is 2.95. The van der Waals surface area contributed by atoms with Gasteiger partial charge in [0.05, 0.1) is 22.4 Å². The lowest BCUT2D eigenvalue weighted by Gasteiger charge is -2.21. The molecule has 1 spiro atoms.